The molecule has 0 bridgehead atoms. The summed E-state index contributed by atoms with van der Waals surface area (Å²) in [6.07, 6.45) is 3.39. The van der Waals surface area contributed by atoms with E-state index in [2.05, 4.69) is 20.8 Å². The molecule has 0 saturated heterocycles. The van der Waals surface area contributed by atoms with E-state index in [0.717, 1.165) is 24.0 Å². The average molecular weight is 316 g/mol. The first-order valence-electron chi connectivity index (χ1n) is 8.19. The zero-order valence-electron chi connectivity index (χ0n) is 15.6. The van der Waals surface area contributed by atoms with Gasteiger partial charge in [0.25, 0.3) is 0 Å². The summed E-state index contributed by atoms with van der Waals surface area (Å²) in [6, 6.07) is 3.95. The van der Waals surface area contributed by atoms with Crippen LogP contribution in [0.4, 0.5) is 8.78 Å². The molecule has 0 aliphatic carbocycles. The molecule has 0 aromatic heterocycles. The molecule has 0 radical (unpaired) electrons. The van der Waals surface area contributed by atoms with E-state index in [9.17, 15) is 13.6 Å². The highest BCUT2D eigenvalue weighted by Crippen LogP contribution is 2.08. The lowest BCUT2D eigenvalue weighted by atomic mass is 10.1. The third kappa shape index (κ3) is 18.8. The summed E-state index contributed by atoms with van der Waals surface area (Å²) >= 11 is 0. The van der Waals surface area contributed by atoms with Crippen molar-refractivity contribution in [1.82, 2.24) is 0 Å². The van der Waals surface area contributed by atoms with Crippen LogP contribution in [-0.2, 0) is 11.2 Å². The summed E-state index contributed by atoms with van der Waals surface area (Å²) in [5.41, 5.74) is 0.818. The van der Waals surface area contributed by atoms with E-state index in [-0.39, 0.29) is 5.78 Å². The molecule has 130 valence electrons. The normalized spacial score (nSPS) is 8.68. The lowest BCUT2D eigenvalue weighted by molar-refractivity contribution is -0.114. The minimum atomic E-state index is -0.780. The Morgan fingerprint density at radius 2 is 1.41 bits per heavy atom. The maximum absolute atomic E-state index is 12.4. The molecule has 0 atom stereocenters. The van der Waals surface area contributed by atoms with Crippen LogP contribution in [0.25, 0.3) is 0 Å². The summed E-state index contributed by atoms with van der Waals surface area (Å²) in [5.74, 6) is -0.443. The predicted molar refractivity (Wildman–Crippen MR) is 93.2 cm³/mol. The number of hydrogen-bond acceptors (Lipinski definition) is 1. The van der Waals surface area contributed by atoms with E-state index in [1.807, 2.05) is 20.8 Å². The smallest absolute Gasteiger partial charge is 0.159 e. The molecule has 22 heavy (non-hydrogen) atoms. The average Bonchev–Trinajstić information content (AvgIpc) is 2.51. The first-order valence-corrected chi connectivity index (χ1v) is 8.19. The zero-order chi connectivity index (χ0) is 18.1. The molecule has 0 aliphatic rings. The summed E-state index contributed by atoms with van der Waals surface area (Å²) in [6.45, 7) is 15.7. The molecule has 0 heterocycles. The highest BCUT2D eigenvalue weighted by molar-refractivity contribution is 5.72. The molecule has 0 spiro atoms. The van der Waals surface area contributed by atoms with Gasteiger partial charge in [-0.15, -0.1) is 0 Å². The Kier molecular flexibility index (Phi) is 20.8. The number of carbonyl (C=O) groups excluding carboxylic acids is 1. The van der Waals surface area contributed by atoms with Crippen LogP contribution in [0.15, 0.2) is 18.2 Å². The molecule has 1 nitrogen and oxygen atoms in total. The first-order chi connectivity index (χ1) is 10.3. The second kappa shape index (κ2) is 17.8. The van der Waals surface area contributed by atoms with E-state index < -0.39 is 11.6 Å². The number of hydrogen-bond donors (Lipinski definition) is 0. The van der Waals surface area contributed by atoms with Crippen LogP contribution >= 0.6 is 0 Å². The van der Waals surface area contributed by atoms with Gasteiger partial charge in [0.1, 0.15) is 5.78 Å². The van der Waals surface area contributed by atoms with Crippen LogP contribution in [-0.4, -0.2) is 5.78 Å². The van der Waals surface area contributed by atoms with Gasteiger partial charge in [-0.05, 0) is 43.9 Å². The second-order valence-corrected chi connectivity index (χ2v) is 4.93. The predicted octanol–water partition coefficient (Wildman–Crippen LogP) is 6.59. The van der Waals surface area contributed by atoms with Crippen molar-refractivity contribution in [3.8, 4) is 0 Å². The molecule has 0 unspecified atom stereocenters. The maximum Gasteiger partial charge on any atom is 0.159 e. The van der Waals surface area contributed by atoms with Crippen molar-refractivity contribution in [3.63, 3.8) is 0 Å². The SMILES string of the molecule is CC.CC(C)=O.CCC(C)CC.CCc1ccc(F)c(F)c1. The van der Waals surface area contributed by atoms with Crippen molar-refractivity contribution in [3.05, 3.63) is 35.4 Å². The molecule has 1 rings (SSSR count). The summed E-state index contributed by atoms with van der Waals surface area (Å²) < 4.78 is 24.7. The van der Waals surface area contributed by atoms with Gasteiger partial charge in [0.15, 0.2) is 11.6 Å². The molecule has 1 aromatic carbocycles. The molecule has 0 fully saturated rings. The van der Waals surface area contributed by atoms with Crippen LogP contribution in [0.5, 0.6) is 0 Å². The van der Waals surface area contributed by atoms with Gasteiger partial charge in [-0.1, -0.05) is 60.5 Å². The quantitative estimate of drug-likeness (QED) is 0.614. The Bertz CT molecular complexity index is 368. The fourth-order valence-electron chi connectivity index (χ4n) is 1.05. The van der Waals surface area contributed by atoms with Crippen molar-refractivity contribution >= 4 is 5.78 Å². The Morgan fingerprint density at radius 3 is 1.64 bits per heavy atom. The number of halogens is 2. The van der Waals surface area contributed by atoms with Gasteiger partial charge in [0, 0.05) is 0 Å². The minimum absolute atomic E-state index is 0.167. The summed E-state index contributed by atoms with van der Waals surface area (Å²) in [4.78, 5) is 9.44. The van der Waals surface area contributed by atoms with Crippen molar-refractivity contribution in [2.24, 2.45) is 5.92 Å². The Hall–Kier alpha value is -1.25. The van der Waals surface area contributed by atoms with Gasteiger partial charge in [-0.25, -0.2) is 8.78 Å². The third-order valence-electron chi connectivity index (χ3n) is 2.79. The van der Waals surface area contributed by atoms with E-state index in [1.54, 1.807) is 6.07 Å². The Balaban J connectivity index is -0.000000259. The van der Waals surface area contributed by atoms with Crippen LogP contribution in [0.1, 0.15) is 73.8 Å². The van der Waals surface area contributed by atoms with Gasteiger partial charge in [-0.3, -0.25) is 0 Å². The van der Waals surface area contributed by atoms with Crippen LogP contribution in [0.2, 0.25) is 0 Å². The fourth-order valence-corrected chi connectivity index (χ4v) is 1.05. The third-order valence-corrected chi connectivity index (χ3v) is 2.79. The minimum Gasteiger partial charge on any atom is -0.300 e. The summed E-state index contributed by atoms with van der Waals surface area (Å²) in [5, 5.41) is 0. The standard InChI is InChI=1S/C8H8F2.C6H14.C3H6O.C2H6/c1-2-6-3-4-7(9)8(10)5-6;1-4-6(3)5-2;1-3(2)4;1-2/h3-5H,2H2,1H3;6H,4-5H2,1-3H3;1-2H3;1-2H3. The summed E-state index contributed by atoms with van der Waals surface area (Å²) in [7, 11) is 0. The zero-order valence-corrected chi connectivity index (χ0v) is 15.6. The van der Waals surface area contributed by atoms with E-state index in [1.165, 1.54) is 32.8 Å². The number of ketones is 1. The largest absolute Gasteiger partial charge is 0.300 e. The maximum atomic E-state index is 12.4. The van der Waals surface area contributed by atoms with Crippen LogP contribution in [0, 0.1) is 17.6 Å². The number of carbonyl (C=O) groups is 1. The van der Waals surface area contributed by atoms with Crippen molar-refractivity contribution in [2.75, 3.05) is 0 Å². The van der Waals surface area contributed by atoms with Crippen molar-refractivity contribution in [1.29, 1.82) is 0 Å². The Morgan fingerprint density at radius 1 is 1.00 bits per heavy atom. The highest BCUT2D eigenvalue weighted by Gasteiger charge is 1.99. The van der Waals surface area contributed by atoms with E-state index >= 15 is 0 Å². The monoisotopic (exact) mass is 316 g/mol. The fraction of sp³-hybridized carbons (Fsp3) is 0.632. The lowest BCUT2D eigenvalue weighted by Crippen LogP contribution is -1.86. The Labute approximate surface area is 136 Å². The van der Waals surface area contributed by atoms with Crippen molar-refractivity contribution in [2.45, 2.75) is 74.7 Å². The number of rotatable bonds is 3. The number of Topliss-reactive ketones (excluding diaryl/α,β-unsaturated/α-hetero) is 1. The van der Waals surface area contributed by atoms with Gasteiger partial charge in [0.05, 0.1) is 0 Å². The first kappa shape index (κ1) is 25.7. The van der Waals surface area contributed by atoms with Crippen molar-refractivity contribution < 1.29 is 13.6 Å². The molecular formula is C19H34F2O. The second-order valence-electron chi connectivity index (χ2n) is 4.93. The highest BCUT2D eigenvalue weighted by atomic mass is 19.2. The van der Waals surface area contributed by atoms with Gasteiger partial charge < -0.3 is 4.79 Å². The molecule has 0 N–H and O–H groups in total. The molecular weight excluding hydrogens is 282 g/mol. The van der Waals surface area contributed by atoms with Crippen LogP contribution in [0.3, 0.4) is 0 Å². The molecule has 0 amide bonds. The van der Waals surface area contributed by atoms with Gasteiger partial charge >= 0.3 is 0 Å². The van der Waals surface area contributed by atoms with Gasteiger partial charge in [0.2, 0.25) is 0 Å². The van der Waals surface area contributed by atoms with E-state index in [4.69, 9.17) is 0 Å². The van der Waals surface area contributed by atoms with Gasteiger partial charge in [-0.2, -0.15) is 0 Å². The molecule has 0 saturated carbocycles. The molecule has 0 aliphatic heterocycles. The number of aryl methyl sites for hydroxylation is 1. The topological polar surface area (TPSA) is 17.1 Å². The van der Waals surface area contributed by atoms with Crippen LogP contribution < -0.4 is 0 Å². The lowest BCUT2D eigenvalue weighted by Gasteiger charge is -1.98. The molecule has 1 aromatic rings. The van der Waals surface area contributed by atoms with E-state index in [0.29, 0.717) is 0 Å². The molecule has 3 heteroatoms. The number of benzene rings is 1.